The zero-order valence-corrected chi connectivity index (χ0v) is 12.4. The Hall–Kier alpha value is -2.40. The minimum Gasteiger partial charge on any atom is -0.486 e. The highest BCUT2D eigenvalue weighted by Crippen LogP contribution is 2.23. The molecule has 0 saturated carbocycles. The fourth-order valence-corrected chi connectivity index (χ4v) is 2.54. The van der Waals surface area contributed by atoms with Crippen molar-refractivity contribution in [3.05, 3.63) is 59.6 Å². The predicted molar refractivity (Wildman–Crippen MR) is 85.7 cm³/mol. The Morgan fingerprint density at radius 1 is 0.952 bits per heavy atom. The van der Waals surface area contributed by atoms with Gasteiger partial charge in [-0.25, -0.2) is 0 Å². The lowest BCUT2D eigenvalue weighted by Gasteiger charge is -2.05. The fourth-order valence-electron chi connectivity index (χ4n) is 1.93. The first-order valence-corrected chi connectivity index (χ1v) is 7.45. The van der Waals surface area contributed by atoms with Crippen molar-refractivity contribution in [2.24, 2.45) is 0 Å². The zero-order valence-electron chi connectivity index (χ0n) is 11.6. The molecule has 3 rings (SSSR count). The number of aromatic nitrogens is 2. The van der Waals surface area contributed by atoms with Gasteiger partial charge in [-0.05, 0) is 23.3 Å². The summed E-state index contributed by atoms with van der Waals surface area (Å²) in [6.07, 6.45) is 0. The van der Waals surface area contributed by atoms with Gasteiger partial charge in [0.2, 0.25) is 5.13 Å². The number of rotatable bonds is 5. The van der Waals surface area contributed by atoms with Gasteiger partial charge in [-0.3, -0.25) is 0 Å². The van der Waals surface area contributed by atoms with E-state index in [-0.39, 0.29) is 0 Å². The molecule has 21 heavy (non-hydrogen) atoms. The molecule has 0 unspecified atom stereocenters. The fraction of sp³-hybridized carbons (Fsp3) is 0.125. The van der Waals surface area contributed by atoms with E-state index in [2.05, 4.69) is 39.8 Å². The third-order valence-corrected chi connectivity index (χ3v) is 3.92. The van der Waals surface area contributed by atoms with E-state index in [1.165, 1.54) is 22.5 Å². The number of ether oxygens (including phenoxy) is 1. The summed E-state index contributed by atoms with van der Waals surface area (Å²) in [6.45, 7) is 0.435. The topological polar surface area (TPSA) is 47.0 Å². The van der Waals surface area contributed by atoms with Crippen LogP contribution in [0.1, 0.15) is 5.01 Å². The molecule has 0 aliphatic carbocycles. The summed E-state index contributed by atoms with van der Waals surface area (Å²) < 4.78 is 5.72. The Labute approximate surface area is 127 Å². The van der Waals surface area contributed by atoms with Gasteiger partial charge in [-0.1, -0.05) is 53.8 Å². The predicted octanol–water partition coefficient (Wildman–Crippen LogP) is 3.83. The summed E-state index contributed by atoms with van der Waals surface area (Å²) in [4.78, 5) is 0. The van der Waals surface area contributed by atoms with Gasteiger partial charge in [-0.15, -0.1) is 10.2 Å². The summed E-state index contributed by atoms with van der Waals surface area (Å²) >= 11 is 1.49. The molecule has 106 valence electrons. The lowest BCUT2D eigenvalue weighted by Crippen LogP contribution is -1.94. The Bertz CT molecular complexity index is 695. The maximum Gasteiger partial charge on any atom is 0.205 e. The lowest BCUT2D eigenvalue weighted by molar-refractivity contribution is 0.304. The summed E-state index contributed by atoms with van der Waals surface area (Å²) in [6, 6.07) is 18.3. The van der Waals surface area contributed by atoms with E-state index in [9.17, 15) is 0 Å². The van der Waals surface area contributed by atoms with Crippen molar-refractivity contribution in [2.75, 3.05) is 12.4 Å². The molecule has 0 radical (unpaired) electrons. The number of hydrogen-bond donors (Lipinski definition) is 1. The molecular formula is C16H15N3OS. The molecule has 0 spiro atoms. The van der Waals surface area contributed by atoms with Crippen LogP contribution in [-0.2, 0) is 6.61 Å². The highest BCUT2D eigenvalue weighted by Gasteiger charge is 2.04. The molecule has 0 aliphatic rings. The van der Waals surface area contributed by atoms with E-state index in [0.29, 0.717) is 6.61 Å². The third-order valence-electron chi connectivity index (χ3n) is 3.00. The van der Waals surface area contributed by atoms with E-state index >= 15 is 0 Å². The molecule has 1 N–H and O–H groups in total. The summed E-state index contributed by atoms with van der Waals surface area (Å²) in [7, 11) is 1.83. The Balaban J connectivity index is 1.64. The molecular weight excluding hydrogens is 282 g/mol. The van der Waals surface area contributed by atoms with Gasteiger partial charge >= 0.3 is 0 Å². The Morgan fingerprint density at radius 3 is 2.33 bits per heavy atom. The molecule has 1 heterocycles. The zero-order chi connectivity index (χ0) is 14.5. The second-order valence-electron chi connectivity index (χ2n) is 4.43. The molecule has 4 nitrogen and oxygen atoms in total. The number of benzene rings is 2. The van der Waals surface area contributed by atoms with Crippen LogP contribution in [0, 0.1) is 0 Å². The van der Waals surface area contributed by atoms with Gasteiger partial charge in [0.25, 0.3) is 0 Å². The summed E-state index contributed by atoms with van der Waals surface area (Å²) in [5.74, 6) is 0.830. The van der Waals surface area contributed by atoms with Gasteiger partial charge in [-0.2, -0.15) is 0 Å². The summed E-state index contributed by atoms with van der Waals surface area (Å²) in [5, 5.41) is 12.6. The van der Waals surface area contributed by atoms with Gasteiger partial charge < -0.3 is 10.1 Å². The van der Waals surface area contributed by atoms with Gasteiger partial charge in [0.15, 0.2) is 5.01 Å². The van der Waals surface area contributed by atoms with E-state index in [4.69, 9.17) is 4.74 Å². The van der Waals surface area contributed by atoms with Crippen molar-refractivity contribution in [3.63, 3.8) is 0 Å². The SMILES string of the molecule is CNc1nnc(COc2ccc(-c3ccccc3)cc2)s1. The Kier molecular flexibility index (Phi) is 4.12. The van der Waals surface area contributed by atoms with E-state index in [1.54, 1.807) is 0 Å². The van der Waals surface area contributed by atoms with Crippen molar-refractivity contribution < 1.29 is 4.74 Å². The van der Waals surface area contributed by atoms with E-state index in [1.807, 2.05) is 37.4 Å². The first-order valence-electron chi connectivity index (χ1n) is 6.63. The van der Waals surface area contributed by atoms with Crippen molar-refractivity contribution in [1.29, 1.82) is 0 Å². The third kappa shape index (κ3) is 3.38. The quantitative estimate of drug-likeness (QED) is 0.777. The maximum absolute atomic E-state index is 5.72. The standard InChI is InChI=1S/C16H15N3OS/c1-17-16-19-18-15(21-16)11-20-14-9-7-13(8-10-14)12-5-3-2-4-6-12/h2-10H,11H2,1H3,(H,17,19). The van der Waals surface area contributed by atoms with Gasteiger partial charge in [0.05, 0.1) is 0 Å². The van der Waals surface area contributed by atoms with Crippen molar-refractivity contribution in [3.8, 4) is 16.9 Å². The molecule has 0 aliphatic heterocycles. The van der Waals surface area contributed by atoms with Gasteiger partial charge in [0.1, 0.15) is 12.4 Å². The van der Waals surface area contributed by atoms with Crippen molar-refractivity contribution in [2.45, 2.75) is 6.61 Å². The first kappa shape index (κ1) is 13.6. The molecule has 1 aromatic heterocycles. The summed E-state index contributed by atoms with van der Waals surface area (Å²) in [5.41, 5.74) is 2.38. The molecule has 5 heteroatoms. The highest BCUT2D eigenvalue weighted by molar-refractivity contribution is 7.15. The molecule has 3 aromatic rings. The minimum atomic E-state index is 0.435. The monoisotopic (exact) mass is 297 g/mol. The van der Waals surface area contributed by atoms with Crippen LogP contribution in [-0.4, -0.2) is 17.2 Å². The van der Waals surface area contributed by atoms with Crippen LogP contribution in [0.3, 0.4) is 0 Å². The molecule has 2 aromatic carbocycles. The second kappa shape index (κ2) is 6.37. The normalized spacial score (nSPS) is 10.3. The minimum absolute atomic E-state index is 0.435. The maximum atomic E-state index is 5.72. The molecule has 0 atom stereocenters. The van der Waals surface area contributed by atoms with Crippen LogP contribution in [0.25, 0.3) is 11.1 Å². The van der Waals surface area contributed by atoms with Crippen LogP contribution in [0.2, 0.25) is 0 Å². The number of nitrogens with one attached hydrogen (secondary N) is 1. The van der Waals surface area contributed by atoms with Gasteiger partial charge in [0, 0.05) is 7.05 Å². The highest BCUT2D eigenvalue weighted by atomic mass is 32.1. The van der Waals surface area contributed by atoms with Crippen LogP contribution in [0.4, 0.5) is 5.13 Å². The van der Waals surface area contributed by atoms with E-state index in [0.717, 1.165) is 15.9 Å². The first-order chi connectivity index (χ1) is 10.3. The number of nitrogens with zero attached hydrogens (tertiary/aromatic N) is 2. The lowest BCUT2D eigenvalue weighted by atomic mass is 10.1. The molecule has 0 bridgehead atoms. The van der Waals surface area contributed by atoms with Crippen LogP contribution >= 0.6 is 11.3 Å². The molecule has 0 saturated heterocycles. The second-order valence-corrected chi connectivity index (χ2v) is 5.49. The smallest absolute Gasteiger partial charge is 0.205 e. The molecule has 0 fully saturated rings. The average Bonchev–Trinajstić information content (AvgIpc) is 3.02. The van der Waals surface area contributed by atoms with Crippen molar-refractivity contribution >= 4 is 16.5 Å². The van der Waals surface area contributed by atoms with E-state index < -0.39 is 0 Å². The van der Waals surface area contributed by atoms with Crippen LogP contribution in [0.15, 0.2) is 54.6 Å². The van der Waals surface area contributed by atoms with Crippen molar-refractivity contribution in [1.82, 2.24) is 10.2 Å². The average molecular weight is 297 g/mol. The Morgan fingerprint density at radius 2 is 1.67 bits per heavy atom. The van der Waals surface area contributed by atoms with Crippen LogP contribution < -0.4 is 10.1 Å². The number of hydrogen-bond acceptors (Lipinski definition) is 5. The molecule has 0 amide bonds. The number of anilines is 1. The largest absolute Gasteiger partial charge is 0.486 e. The van der Waals surface area contributed by atoms with Crippen LogP contribution in [0.5, 0.6) is 5.75 Å².